The molecule has 4 nitrogen and oxygen atoms in total. The van der Waals surface area contributed by atoms with E-state index in [2.05, 4.69) is 10.6 Å². The minimum atomic E-state index is -0.241. The highest BCUT2D eigenvalue weighted by Gasteiger charge is 2.08. The predicted molar refractivity (Wildman–Crippen MR) is 81.1 cm³/mol. The molecule has 19 heavy (non-hydrogen) atoms. The van der Waals surface area contributed by atoms with Gasteiger partial charge in [-0.2, -0.15) is 11.8 Å². The molecule has 0 bridgehead atoms. The minimum absolute atomic E-state index is 0.0163. The van der Waals surface area contributed by atoms with Crippen molar-refractivity contribution >= 4 is 29.3 Å². The number of urea groups is 1. The predicted octanol–water partition coefficient (Wildman–Crippen LogP) is 3.15. The van der Waals surface area contributed by atoms with Crippen LogP contribution in [0.1, 0.15) is 30.6 Å². The van der Waals surface area contributed by atoms with E-state index in [0.29, 0.717) is 11.3 Å². The highest BCUT2D eigenvalue weighted by atomic mass is 32.2. The van der Waals surface area contributed by atoms with E-state index in [1.807, 2.05) is 13.2 Å². The second-order valence-corrected chi connectivity index (χ2v) is 5.40. The highest BCUT2D eigenvalue weighted by molar-refractivity contribution is 7.98. The first-order chi connectivity index (χ1) is 9.02. The Hall–Kier alpha value is -1.49. The van der Waals surface area contributed by atoms with Crippen molar-refractivity contribution in [2.75, 3.05) is 17.3 Å². The van der Waals surface area contributed by atoms with Gasteiger partial charge in [0.1, 0.15) is 0 Å². The molecule has 0 fully saturated rings. The Bertz CT molecular complexity index is 449. The molecule has 0 saturated carbocycles. The van der Waals surface area contributed by atoms with Crippen molar-refractivity contribution in [3.8, 4) is 0 Å². The van der Waals surface area contributed by atoms with Crippen molar-refractivity contribution < 1.29 is 9.59 Å². The molecule has 2 amide bonds. The summed E-state index contributed by atoms with van der Waals surface area (Å²) >= 11 is 1.76. The lowest BCUT2D eigenvalue weighted by molar-refractivity contribution is 0.101. The number of anilines is 1. The second-order valence-electron chi connectivity index (χ2n) is 4.42. The lowest BCUT2D eigenvalue weighted by Crippen LogP contribution is -2.36. The molecule has 0 aromatic heterocycles. The molecule has 1 aromatic rings. The zero-order valence-corrected chi connectivity index (χ0v) is 12.3. The Morgan fingerprint density at radius 1 is 1.37 bits per heavy atom. The fourth-order valence-corrected chi connectivity index (χ4v) is 2.16. The first kappa shape index (κ1) is 15.6. The molecular weight excluding hydrogens is 260 g/mol. The van der Waals surface area contributed by atoms with Gasteiger partial charge in [-0.1, -0.05) is 12.1 Å². The van der Waals surface area contributed by atoms with Gasteiger partial charge in [-0.25, -0.2) is 4.79 Å². The van der Waals surface area contributed by atoms with Crippen molar-refractivity contribution in [3.63, 3.8) is 0 Å². The number of carbonyl (C=O) groups is 2. The maximum Gasteiger partial charge on any atom is 0.319 e. The average Bonchev–Trinajstić information content (AvgIpc) is 2.36. The number of rotatable bonds is 6. The molecule has 0 aliphatic rings. The number of hydrogen-bond acceptors (Lipinski definition) is 3. The smallest absolute Gasteiger partial charge is 0.319 e. The van der Waals surface area contributed by atoms with Crippen LogP contribution in [-0.2, 0) is 0 Å². The molecule has 1 aromatic carbocycles. The largest absolute Gasteiger partial charge is 0.335 e. The van der Waals surface area contributed by atoms with Crippen LogP contribution in [-0.4, -0.2) is 29.9 Å². The van der Waals surface area contributed by atoms with Crippen molar-refractivity contribution in [2.24, 2.45) is 0 Å². The minimum Gasteiger partial charge on any atom is -0.335 e. The molecule has 5 heteroatoms. The van der Waals surface area contributed by atoms with Gasteiger partial charge in [0.25, 0.3) is 0 Å². The molecular formula is C14H20N2O2S. The zero-order chi connectivity index (χ0) is 14.3. The molecule has 0 spiro atoms. The van der Waals surface area contributed by atoms with Gasteiger partial charge < -0.3 is 10.6 Å². The average molecular weight is 280 g/mol. The maximum absolute atomic E-state index is 11.8. The fraction of sp³-hybridized carbons (Fsp3) is 0.429. The van der Waals surface area contributed by atoms with Gasteiger partial charge in [-0.3, -0.25) is 4.79 Å². The number of Topliss-reactive ketones (excluding diaryl/α,β-unsaturated/α-hetero) is 1. The van der Waals surface area contributed by atoms with Crippen LogP contribution in [0.2, 0.25) is 0 Å². The Morgan fingerprint density at radius 2 is 2.11 bits per heavy atom. The summed E-state index contributed by atoms with van der Waals surface area (Å²) in [6, 6.07) is 6.81. The van der Waals surface area contributed by atoms with Gasteiger partial charge in [-0.05, 0) is 44.4 Å². The van der Waals surface area contributed by atoms with Crippen LogP contribution in [0.25, 0.3) is 0 Å². The van der Waals surface area contributed by atoms with E-state index >= 15 is 0 Å². The lowest BCUT2D eigenvalue weighted by atomic mass is 10.1. The Kier molecular flexibility index (Phi) is 6.42. The number of benzene rings is 1. The highest BCUT2D eigenvalue weighted by Crippen LogP contribution is 2.11. The number of carbonyl (C=O) groups excluding carboxylic acids is 2. The zero-order valence-electron chi connectivity index (χ0n) is 11.5. The summed E-state index contributed by atoms with van der Waals surface area (Å²) in [6.07, 6.45) is 2.97. The monoisotopic (exact) mass is 280 g/mol. The molecule has 1 unspecified atom stereocenters. The third kappa shape index (κ3) is 5.79. The number of amides is 2. The number of thioether (sulfide) groups is 1. The van der Waals surface area contributed by atoms with Gasteiger partial charge in [-0.15, -0.1) is 0 Å². The van der Waals surface area contributed by atoms with Crippen LogP contribution >= 0.6 is 11.8 Å². The topological polar surface area (TPSA) is 58.2 Å². The van der Waals surface area contributed by atoms with Gasteiger partial charge in [0.2, 0.25) is 0 Å². The molecule has 2 N–H and O–H groups in total. The van der Waals surface area contributed by atoms with E-state index in [-0.39, 0.29) is 17.9 Å². The first-order valence-electron chi connectivity index (χ1n) is 6.20. The Balaban J connectivity index is 2.52. The lowest BCUT2D eigenvalue weighted by Gasteiger charge is -2.14. The van der Waals surface area contributed by atoms with Gasteiger partial charge in [0, 0.05) is 17.3 Å². The first-order valence-corrected chi connectivity index (χ1v) is 7.59. The van der Waals surface area contributed by atoms with E-state index in [1.54, 1.807) is 36.0 Å². The van der Waals surface area contributed by atoms with Crippen LogP contribution in [0.5, 0.6) is 0 Å². The van der Waals surface area contributed by atoms with Crippen molar-refractivity contribution in [1.29, 1.82) is 0 Å². The summed E-state index contributed by atoms with van der Waals surface area (Å²) in [5, 5.41) is 5.60. The standard InChI is InChI=1S/C14H20N2O2S/c1-10(7-8-19-3)15-14(18)16-13-6-4-5-12(9-13)11(2)17/h4-6,9-10H,7-8H2,1-3H3,(H2,15,16,18). The van der Waals surface area contributed by atoms with Crippen molar-refractivity contribution in [1.82, 2.24) is 5.32 Å². The van der Waals surface area contributed by atoms with Crippen LogP contribution < -0.4 is 10.6 Å². The second kappa shape index (κ2) is 7.84. The fourth-order valence-electron chi connectivity index (χ4n) is 1.57. The summed E-state index contributed by atoms with van der Waals surface area (Å²) < 4.78 is 0. The van der Waals surface area contributed by atoms with Gasteiger partial charge in [0.15, 0.2) is 5.78 Å². The van der Waals surface area contributed by atoms with E-state index in [4.69, 9.17) is 0 Å². The summed E-state index contributed by atoms with van der Waals surface area (Å²) in [7, 11) is 0. The SMILES string of the molecule is CSCCC(C)NC(=O)Nc1cccc(C(C)=O)c1. The van der Waals surface area contributed by atoms with E-state index in [0.717, 1.165) is 12.2 Å². The van der Waals surface area contributed by atoms with Gasteiger partial charge >= 0.3 is 6.03 Å². The number of nitrogens with one attached hydrogen (secondary N) is 2. The molecule has 104 valence electrons. The Labute approximate surface area is 118 Å². The third-order valence-electron chi connectivity index (χ3n) is 2.66. The molecule has 0 heterocycles. The van der Waals surface area contributed by atoms with E-state index in [1.165, 1.54) is 6.92 Å². The molecule has 0 saturated heterocycles. The molecule has 0 aliphatic carbocycles. The van der Waals surface area contributed by atoms with Crippen LogP contribution in [0.4, 0.5) is 10.5 Å². The summed E-state index contributed by atoms with van der Waals surface area (Å²) in [5.74, 6) is 0.999. The summed E-state index contributed by atoms with van der Waals surface area (Å²) in [5.41, 5.74) is 1.22. The molecule has 0 aliphatic heterocycles. The van der Waals surface area contributed by atoms with Crippen LogP contribution in [0.3, 0.4) is 0 Å². The number of hydrogen-bond donors (Lipinski definition) is 2. The van der Waals surface area contributed by atoms with Gasteiger partial charge in [0.05, 0.1) is 0 Å². The van der Waals surface area contributed by atoms with E-state index < -0.39 is 0 Å². The summed E-state index contributed by atoms with van der Waals surface area (Å²) in [6.45, 7) is 3.48. The Morgan fingerprint density at radius 3 is 2.74 bits per heavy atom. The van der Waals surface area contributed by atoms with Crippen molar-refractivity contribution in [2.45, 2.75) is 26.3 Å². The van der Waals surface area contributed by atoms with Crippen LogP contribution in [0.15, 0.2) is 24.3 Å². The summed E-state index contributed by atoms with van der Waals surface area (Å²) in [4.78, 5) is 23.0. The maximum atomic E-state index is 11.8. The molecule has 1 atom stereocenters. The van der Waals surface area contributed by atoms with E-state index in [9.17, 15) is 9.59 Å². The molecule has 1 rings (SSSR count). The van der Waals surface area contributed by atoms with Crippen LogP contribution in [0, 0.1) is 0 Å². The number of ketones is 1. The van der Waals surface area contributed by atoms with Crippen molar-refractivity contribution in [3.05, 3.63) is 29.8 Å². The normalized spacial score (nSPS) is 11.7. The molecule has 0 radical (unpaired) electrons. The quantitative estimate of drug-likeness (QED) is 0.787. The third-order valence-corrected chi connectivity index (χ3v) is 3.30.